The number of nitrogens with one attached hydrogen (secondary N) is 2. The molecule has 1 amide bonds. The van der Waals surface area contributed by atoms with E-state index in [4.69, 9.17) is 17.3 Å². The number of nitrogens with two attached hydrogens (primary N) is 1. The number of aryl methyl sites for hydroxylation is 1. The molecule has 4 aromatic rings. The maximum atomic E-state index is 15.2. The molecule has 0 aliphatic carbocycles. The molecular formula is C28H25ClF2N4O3. The van der Waals surface area contributed by atoms with Gasteiger partial charge in [0.1, 0.15) is 17.6 Å². The van der Waals surface area contributed by atoms with Gasteiger partial charge in [0.2, 0.25) is 0 Å². The van der Waals surface area contributed by atoms with E-state index in [-0.39, 0.29) is 24.2 Å². The molecule has 3 aromatic carbocycles. The van der Waals surface area contributed by atoms with Crippen LogP contribution >= 0.6 is 11.6 Å². The summed E-state index contributed by atoms with van der Waals surface area (Å²) in [4.78, 5) is 24.4. The molecular weight excluding hydrogens is 514 g/mol. The number of nitrogens with zero attached hydrogens (tertiary/aromatic N) is 1. The number of hydrogen-bond acceptors (Lipinski definition) is 4. The fraction of sp³-hybridized carbons (Fsp3) is 0.179. The molecule has 1 aromatic heterocycles. The first kappa shape index (κ1) is 27.0. The Balaban J connectivity index is 1.55. The number of benzene rings is 3. The van der Waals surface area contributed by atoms with Crippen LogP contribution in [0.25, 0.3) is 22.4 Å². The van der Waals surface area contributed by atoms with Crippen LogP contribution in [-0.2, 0) is 11.2 Å². The summed E-state index contributed by atoms with van der Waals surface area (Å²) in [5.74, 6) is -3.25. The quantitative estimate of drug-likeness (QED) is 0.235. The fourth-order valence-electron chi connectivity index (χ4n) is 4.18. The Morgan fingerprint density at radius 2 is 1.79 bits per heavy atom. The van der Waals surface area contributed by atoms with Crippen molar-refractivity contribution in [3.05, 3.63) is 100 Å². The molecule has 196 valence electrons. The number of amides is 1. The molecule has 0 radical (unpaired) electrons. The lowest BCUT2D eigenvalue weighted by Gasteiger charge is -2.21. The van der Waals surface area contributed by atoms with E-state index < -0.39 is 35.6 Å². The number of rotatable bonds is 9. The highest BCUT2D eigenvalue weighted by Crippen LogP contribution is 2.27. The lowest BCUT2D eigenvalue weighted by molar-refractivity contribution is -0.138. The van der Waals surface area contributed by atoms with Gasteiger partial charge in [0.25, 0.3) is 5.91 Å². The topological polar surface area (TPSA) is 121 Å². The van der Waals surface area contributed by atoms with Gasteiger partial charge in [0.05, 0.1) is 0 Å². The lowest BCUT2D eigenvalue weighted by atomic mass is 9.97. The van der Waals surface area contributed by atoms with Gasteiger partial charge in [-0.25, -0.2) is 8.78 Å². The Hall–Kier alpha value is -4.08. The third-order valence-corrected chi connectivity index (χ3v) is 6.44. The van der Waals surface area contributed by atoms with Crippen LogP contribution in [0, 0.1) is 18.6 Å². The highest BCUT2D eigenvalue weighted by Gasteiger charge is 2.26. The monoisotopic (exact) mass is 538 g/mol. The SMILES string of the molecule is Cc1ccccc1-c1n[nH]c(C(=O)NC(Cc2ccc(-c3cc(Cl)ccc3F)cc2)C[C@@H](N)C(=O)O)c1F. The number of carbonyl (C=O) groups excluding carboxylic acids is 1. The van der Waals surface area contributed by atoms with E-state index in [2.05, 4.69) is 15.5 Å². The molecule has 1 heterocycles. The highest BCUT2D eigenvalue weighted by molar-refractivity contribution is 6.30. The number of halogens is 3. The fourth-order valence-corrected chi connectivity index (χ4v) is 4.35. The minimum atomic E-state index is -1.26. The summed E-state index contributed by atoms with van der Waals surface area (Å²) in [5, 5.41) is 18.8. The number of aromatic nitrogens is 2. The van der Waals surface area contributed by atoms with Crippen molar-refractivity contribution in [2.24, 2.45) is 5.73 Å². The normalized spacial score (nSPS) is 12.7. The van der Waals surface area contributed by atoms with Crippen molar-refractivity contribution in [3.63, 3.8) is 0 Å². The number of aliphatic carboxylic acids is 1. The van der Waals surface area contributed by atoms with Crippen molar-refractivity contribution in [3.8, 4) is 22.4 Å². The van der Waals surface area contributed by atoms with Crippen molar-refractivity contribution >= 4 is 23.5 Å². The average molecular weight is 539 g/mol. The standard InChI is InChI=1S/C28H25ClF2N4O3/c1-15-4-2-3-5-20(15)25-24(31)26(35-34-25)27(36)33-19(14-23(32)28(37)38)12-16-6-8-17(9-7-16)21-13-18(29)10-11-22(21)30/h2-11,13,19,23H,12,14,32H2,1H3,(H,33,36)(H,34,35)(H,37,38)/t19?,23-/m1/s1. The molecule has 0 aliphatic heterocycles. The average Bonchev–Trinajstić information content (AvgIpc) is 3.27. The van der Waals surface area contributed by atoms with Crippen molar-refractivity contribution in [2.45, 2.75) is 31.8 Å². The molecule has 1 unspecified atom stereocenters. The first-order valence-electron chi connectivity index (χ1n) is 11.8. The summed E-state index contributed by atoms with van der Waals surface area (Å²) in [6.07, 6.45) is 0.0948. The molecule has 0 fully saturated rings. The molecule has 5 N–H and O–H groups in total. The molecule has 7 nitrogen and oxygen atoms in total. The number of H-pyrrole nitrogens is 1. The van der Waals surface area contributed by atoms with Gasteiger partial charge < -0.3 is 16.2 Å². The second-order valence-corrected chi connectivity index (χ2v) is 9.39. The maximum absolute atomic E-state index is 15.2. The van der Waals surface area contributed by atoms with E-state index in [1.807, 2.05) is 6.07 Å². The number of aromatic amines is 1. The van der Waals surface area contributed by atoms with E-state index in [9.17, 15) is 19.1 Å². The van der Waals surface area contributed by atoms with Gasteiger partial charge in [0.15, 0.2) is 11.5 Å². The smallest absolute Gasteiger partial charge is 0.320 e. The van der Waals surface area contributed by atoms with E-state index in [0.717, 1.165) is 11.1 Å². The Morgan fingerprint density at radius 1 is 1.08 bits per heavy atom. The van der Waals surface area contributed by atoms with Gasteiger partial charge in [-0.3, -0.25) is 14.7 Å². The van der Waals surface area contributed by atoms with Gasteiger partial charge in [0, 0.05) is 22.2 Å². The van der Waals surface area contributed by atoms with Gasteiger partial charge in [-0.1, -0.05) is 60.1 Å². The molecule has 0 aliphatic rings. The summed E-state index contributed by atoms with van der Waals surface area (Å²) in [7, 11) is 0. The molecule has 4 rings (SSSR count). The van der Waals surface area contributed by atoms with Crippen LogP contribution in [0.5, 0.6) is 0 Å². The number of carboxylic acid groups (broad SMARTS) is 1. The van der Waals surface area contributed by atoms with E-state index in [1.165, 1.54) is 18.2 Å². The predicted molar refractivity (Wildman–Crippen MR) is 141 cm³/mol. The first-order valence-corrected chi connectivity index (χ1v) is 12.1. The van der Waals surface area contributed by atoms with Crippen LogP contribution in [0.4, 0.5) is 8.78 Å². The number of hydrogen-bond donors (Lipinski definition) is 4. The van der Waals surface area contributed by atoms with Crippen LogP contribution in [0.1, 0.15) is 28.0 Å². The summed E-state index contributed by atoms with van der Waals surface area (Å²) < 4.78 is 29.4. The van der Waals surface area contributed by atoms with Gasteiger partial charge in [-0.2, -0.15) is 5.10 Å². The lowest BCUT2D eigenvalue weighted by Crippen LogP contribution is -2.43. The molecule has 38 heavy (non-hydrogen) atoms. The van der Waals surface area contributed by atoms with E-state index in [0.29, 0.717) is 21.7 Å². The molecule has 10 heteroatoms. The first-order chi connectivity index (χ1) is 18.1. The van der Waals surface area contributed by atoms with Crippen LogP contribution in [0.15, 0.2) is 66.7 Å². The maximum Gasteiger partial charge on any atom is 0.320 e. The Kier molecular flexibility index (Phi) is 8.19. The van der Waals surface area contributed by atoms with Crippen LogP contribution in [-0.4, -0.2) is 39.3 Å². The molecule has 0 saturated carbocycles. The van der Waals surface area contributed by atoms with Crippen molar-refractivity contribution in [1.82, 2.24) is 15.5 Å². The summed E-state index contributed by atoms with van der Waals surface area (Å²) in [5.41, 5.74) is 8.37. The zero-order chi connectivity index (χ0) is 27.4. The predicted octanol–water partition coefficient (Wildman–Crippen LogP) is 5.13. The number of carboxylic acids is 1. The number of carbonyl (C=O) groups is 2. The van der Waals surface area contributed by atoms with Crippen molar-refractivity contribution in [1.29, 1.82) is 0 Å². The van der Waals surface area contributed by atoms with Crippen molar-refractivity contribution < 1.29 is 23.5 Å². The largest absolute Gasteiger partial charge is 0.480 e. The minimum absolute atomic E-state index is 0.0101. The Morgan fingerprint density at radius 3 is 2.47 bits per heavy atom. The highest BCUT2D eigenvalue weighted by atomic mass is 35.5. The molecule has 0 spiro atoms. The van der Waals surface area contributed by atoms with Crippen LogP contribution < -0.4 is 11.1 Å². The third kappa shape index (κ3) is 6.07. The van der Waals surface area contributed by atoms with Gasteiger partial charge in [-0.15, -0.1) is 0 Å². The Labute approximate surface area is 222 Å². The summed E-state index contributed by atoms with van der Waals surface area (Å²) in [6.45, 7) is 1.80. The van der Waals surface area contributed by atoms with E-state index in [1.54, 1.807) is 49.4 Å². The van der Waals surface area contributed by atoms with Crippen LogP contribution in [0.2, 0.25) is 5.02 Å². The molecule has 2 atom stereocenters. The van der Waals surface area contributed by atoms with Gasteiger partial charge in [-0.05, 0) is 54.7 Å². The summed E-state index contributed by atoms with van der Waals surface area (Å²) in [6, 6.07) is 16.2. The van der Waals surface area contributed by atoms with Gasteiger partial charge >= 0.3 is 5.97 Å². The second kappa shape index (κ2) is 11.5. The van der Waals surface area contributed by atoms with Crippen LogP contribution in [0.3, 0.4) is 0 Å². The van der Waals surface area contributed by atoms with E-state index >= 15 is 4.39 Å². The zero-order valence-corrected chi connectivity index (χ0v) is 21.1. The minimum Gasteiger partial charge on any atom is -0.480 e. The zero-order valence-electron chi connectivity index (χ0n) is 20.3. The third-order valence-electron chi connectivity index (χ3n) is 6.20. The molecule has 0 saturated heterocycles. The second-order valence-electron chi connectivity index (χ2n) is 8.95. The summed E-state index contributed by atoms with van der Waals surface area (Å²) >= 11 is 5.99. The molecule has 0 bridgehead atoms. The Bertz CT molecular complexity index is 1470. The van der Waals surface area contributed by atoms with Crippen molar-refractivity contribution in [2.75, 3.05) is 0 Å².